The molecule has 0 N–H and O–H groups in total. The number of allylic oxidation sites excluding steroid dienone is 1. The van der Waals surface area contributed by atoms with Crippen LogP contribution < -0.4 is 9.47 Å². The minimum atomic E-state index is -3.79. The van der Waals surface area contributed by atoms with Gasteiger partial charge in [-0.1, -0.05) is 6.07 Å². The zero-order valence-electron chi connectivity index (χ0n) is 15.1. The Balaban J connectivity index is 1.97. The van der Waals surface area contributed by atoms with Crippen LogP contribution in [0.4, 0.5) is 0 Å². The topological polar surface area (TPSA) is 82.1 Å². The van der Waals surface area contributed by atoms with Gasteiger partial charge >= 0.3 is 5.97 Å². The first-order chi connectivity index (χ1) is 12.8. The molecule has 2 aromatic rings. The van der Waals surface area contributed by atoms with Crippen LogP contribution in [-0.4, -0.2) is 32.9 Å². The minimum Gasteiger partial charge on any atom is -0.497 e. The number of hydrogen-bond donors (Lipinski definition) is 0. The van der Waals surface area contributed by atoms with Crippen molar-refractivity contribution in [1.82, 2.24) is 4.31 Å². The molecule has 27 heavy (non-hydrogen) atoms. The molecule has 0 aromatic heterocycles. The summed E-state index contributed by atoms with van der Waals surface area (Å²) in [5.41, 5.74) is 0.961. The van der Waals surface area contributed by atoms with Gasteiger partial charge in [-0.25, -0.2) is 13.2 Å². The van der Waals surface area contributed by atoms with E-state index in [1.807, 2.05) is 0 Å². The van der Waals surface area contributed by atoms with Crippen molar-refractivity contribution in [3.8, 4) is 11.5 Å². The van der Waals surface area contributed by atoms with Crippen molar-refractivity contribution < 1.29 is 27.4 Å². The second kappa shape index (κ2) is 7.32. The van der Waals surface area contributed by atoms with Gasteiger partial charge in [-0.05, 0) is 43.3 Å². The molecule has 3 rings (SSSR count). The number of benzene rings is 2. The fraction of sp³-hybridized carbons (Fsp3) is 0.211. The molecule has 1 heterocycles. The third-order valence-electron chi connectivity index (χ3n) is 4.08. The smallest absolute Gasteiger partial charge is 0.337 e. The van der Waals surface area contributed by atoms with Gasteiger partial charge in [0.25, 0.3) is 10.0 Å². The van der Waals surface area contributed by atoms with Crippen LogP contribution in [-0.2, 0) is 21.3 Å². The van der Waals surface area contributed by atoms with Gasteiger partial charge in [0.2, 0.25) is 0 Å². The van der Waals surface area contributed by atoms with Crippen LogP contribution in [0.15, 0.2) is 59.3 Å². The summed E-state index contributed by atoms with van der Waals surface area (Å²) < 4.78 is 42.8. The maximum atomic E-state index is 13.0. The molecule has 0 unspecified atom stereocenters. The van der Waals surface area contributed by atoms with Crippen molar-refractivity contribution in [2.45, 2.75) is 18.4 Å². The Morgan fingerprint density at radius 1 is 1.11 bits per heavy atom. The van der Waals surface area contributed by atoms with Gasteiger partial charge in [0.05, 0.1) is 37.4 Å². The highest BCUT2D eigenvalue weighted by Crippen LogP contribution is 2.31. The number of esters is 1. The maximum absolute atomic E-state index is 13.0. The third kappa shape index (κ3) is 3.75. The van der Waals surface area contributed by atoms with Crippen molar-refractivity contribution in [2.75, 3.05) is 14.2 Å². The zero-order chi connectivity index (χ0) is 19.6. The second-order valence-corrected chi connectivity index (χ2v) is 7.77. The Hall–Kier alpha value is -3.00. The van der Waals surface area contributed by atoms with Crippen LogP contribution >= 0.6 is 0 Å². The third-order valence-corrected chi connectivity index (χ3v) is 5.80. The summed E-state index contributed by atoms with van der Waals surface area (Å²) in [6.45, 7) is 1.72. The lowest BCUT2D eigenvalue weighted by Crippen LogP contribution is -2.25. The normalized spacial score (nSPS) is 13.7. The molecule has 0 atom stereocenters. The Morgan fingerprint density at radius 3 is 2.44 bits per heavy atom. The highest BCUT2D eigenvalue weighted by Gasteiger charge is 2.26. The molecule has 2 aromatic carbocycles. The van der Waals surface area contributed by atoms with Crippen molar-refractivity contribution in [1.29, 1.82) is 0 Å². The number of fused-ring (bicyclic) bond motifs is 1. The van der Waals surface area contributed by atoms with Gasteiger partial charge in [-0.15, -0.1) is 0 Å². The maximum Gasteiger partial charge on any atom is 0.337 e. The van der Waals surface area contributed by atoms with Gasteiger partial charge in [-0.2, -0.15) is 0 Å². The number of ether oxygens (including phenoxy) is 3. The molecule has 0 aliphatic carbocycles. The molecular weight excluding hydrogens is 370 g/mol. The molecule has 7 nitrogen and oxygen atoms in total. The van der Waals surface area contributed by atoms with Crippen LogP contribution in [0.5, 0.6) is 11.5 Å². The molecule has 0 radical (unpaired) electrons. The molecule has 0 saturated carbocycles. The van der Waals surface area contributed by atoms with E-state index in [9.17, 15) is 13.2 Å². The lowest BCUT2D eigenvalue weighted by atomic mass is 10.1. The Morgan fingerprint density at radius 2 is 1.81 bits per heavy atom. The average Bonchev–Trinajstić information content (AvgIpc) is 2.85. The number of methoxy groups -OCH3 is 2. The van der Waals surface area contributed by atoms with Crippen LogP contribution in [0, 0.1) is 0 Å². The summed E-state index contributed by atoms with van der Waals surface area (Å²) in [4.78, 5) is 11.9. The summed E-state index contributed by atoms with van der Waals surface area (Å²) in [5, 5.41) is 0. The molecule has 0 saturated heterocycles. The molecule has 1 aliphatic rings. The molecule has 0 bridgehead atoms. The number of carbonyl (C=O) groups is 1. The Kier molecular flexibility index (Phi) is 5.09. The molecule has 8 heteroatoms. The van der Waals surface area contributed by atoms with Crippen LogP contribution in [0.3, 0.4) is 0 Å². The molecule has 1 aliphatic heterocycles. The lowest BCUT2D eigenvalue weighted by molar-refractivity contribution is 0.0600. The highest BCUT2D eigenvalue weighted by molar-refractivity contribution is 7.89. The van der Waals surface area contributed by atoms with E-state index in [-0.39, 0.29) is 11.4 Å². The van der Waals surface area contributed by atoms with Crippen molar-refractivity contribution in [3.05, 3.63) is 65.6 Å². The Labute approximate surface area is 157 Å². The van der Waals surface area contributed by atoms with E-state index >= 15 is 0 Å². The van der Waals surface area contributed by atoms with Crippen molar-refractivity contribution >= 4 is 16.0 Å². The molecule has 0 fully saturated rings. The van der Waals surface area contributed by atoms with E-state index in [4.69, 9.17) is 14.2 Å². The monoisotopic (exact) mass is 389 g/mol. The lowest BCUT2D eigenvalue weighted by Gasteiger charge is -2.19. The van der Waals surface area contributed by atoms with Crippen molar-refractivity contribution in [2.24, 2.45) is 0 Å². The van der Waals surface area contributed by atoms with Crippen LogP contribution in [0.1, 0.15) is 22.8 Å². The molecular formula is C19H19NO6S. The second-order valence-electron chi connectivity index (χ2n) is 5.88. The van der Waals surface area contributed by atoms with Gasteiger partial charge in [-0.3, -0.25) is 4.31 Å². The highest BCUT2D eigenvalue weighted by atomic mass is 32.2. The first-order valence-electron chi connectivity index (χ1n) is 8.08. The van der Waals surface area contributed by atoms with Gasteiger partial charge < -0.3 is 14.2 Å². The first kappa shape index (κ1) is 18.8. The minimum absolute atomic E-state index is 0.0719. The SMILES string of the molecule is COC(=O)c1ccc2c(c1)OC(C)=CN(S(=O)(=O)c1ccc(OC)cc1)C2. The number of nitrogens with zero attached hydrogens (tertiary/aromatic N) is 1. The van der Waals surface area contributed by atoms with E-state index in [2.05, 4.69) is 0 Å². The number of rotatable bonds is 4. The van der Waals surface area contributed by atoms with Crippen LogP contribution in [0.25, 0.3) is 0 Å². The van der Waals surface area contributed by atoms with Gasteiger partial charge in [0.15, 0.2) is 0 Å². The van der Waals surface area contributed by atoms with E-state index in [1.165, 1.54) is 36.9 Å². The molecule has 142 valence electrons. The summed E-state index contributed by atoms with van der Waals surface area (Å²) in [6.07, 6.45) is 1.43. The number of hydrogen-bond acceptors (Lipinski definition) is 6. The molecule has 0 spiro atoms. The predicted molar refractivity (Wildman–Crippen MR) is 97.9 cm³/mol. The quantitative estimate of drug-likeness (QED) is 0.748. The summed E-state index contributed by atoms with van der Waals surface area (Å²) in [5.74, 6) is 0.877. The van der Waals surface area contributed by atoms with E-state index in [1.54, 1.807) is 37.3 Å². The van der Waals surface area contributed by atoms with E-state index < -0.39 is 16.0 Å². The standard InChI is InChI=1S/C19H19NO6S/c1-13-11-20(27(22,23)17-8-6-16(24-2)7-9-17)12-15-5-4-14(19(21)25-3)10-18(15)26-13/h4-11H,12H2,1-3H3. The largest absolute Gasteiger partial charge is 0.497 e. The average molecular weight is 389 g/mol. The summed E-state index contributed by atoms with van der Waals surface area (Å²) in [6, 6.07) is 10.9. The predicted octanol–water partition coefficient (Wildman–Crippen LogP) is 2.93. The van der Waals surface area contributed by atoms with Gasteiger partial charge in [0.1, 0.15) is 17.3 Å². The van der Waals surface area contributed by atoms with Crippen LogP contribution in [0.2, 0.25) is 0 Å². The summed E-state index contributed by atoms with van der Waals surface area (Å²) >= 11 is 0. The first-order valence-corrected chi connectivity index (χ1v) is 9.52. The number of carbonyl (C=O) groups excluding carboxylic acids is 1. The van der Waals surface area contributed by atoms with Crippen molar-refractivity contribution in [3.63, 3.8) is 0 Å². The fourth-order valence-electron chi connectivity index (χ4n) is 2.68. The summed E-state index contributed by atoms with van der Waals surface area (Å²) in [7, 11) is -0.977. The van der Waals surface area contributed by atoms with E-state index in [0.29, 0.717) is 28.4 Å². The fourth-order valence-corrected chi connectivity index (χ4v) is 4.03. The molecule has 0 amide bonds. The number of sulfonamides is 1. The van der Waals surface area contributed by atoms with E-state index in [0.717, 1.165) is 0 Å². The zero-order valence-corrected chi connectivity index (χ0v) is 15.9. The Bertz CT molecular complexity index is 995. The van der Waals surface area contributed by atoms with Gasteiger partial charge in [0, 0.05) is 5.56 Å².